The SMILES string of the molecule is NC[C@@H]1COc2cc(O)ccc2C1. The molecule has 0 aromatic heterocycles. The van der Waals surface area contributed by atoms with Crippen LogP contribution in [-0.4, -0.2) is 18.3 Å². The molecule has 1 aliphatic heterocycles. The molecule has 0 saturated carbocycles. The van der Waals surface area contributed by atoms with E-state index in [1.54, 1.807) is 12.1 Å². The van der Waals surface area contributed by atoms with Gasteiger partial charge in [0.15, 0.2) is 0 Å². The van der Waals surface area contributed by atoms with E-state index in [-0.39, 0.29) is 5.75 Å². The van der Waals surface area contributed by atoms with Crippen LogP contribution in [0.1, 0.15) is 5.56 Å². The van der Waals surface area contributed by atoms with Crippen molar-refractivity contribution in [1.82, 2.24) is 0 Å². The maximum Gasteiger partial charge on any atom is 0.126 e. The molecule has 0 fully saturated rings. The van der Waals surface area contributed by atoms with Crippen molar-refractivity contribution in [3.8, 4) is 11.5 Å². The molecule has 0 radical (unpaired) electrons. The number of phenolic OH excluding ortho intramolecular Hbond substituents is 1. The maximum atomic E-state index is 9.21. The van der Waals surface area contributed by atoms with Gasteiger partial charge in [0.1, 0.15) is 11.5 Å². The van der Waals surface area contributed by atoms with Gasteiger partial charge in [0, 0.05) is 12.0 Å². The molecule has 1 aliphatic rings. The highest BCUT2D eigenvalue weighted by Gasteiger charge is 2.18. The van der Waals surface area contributed by atoms with Crippen LogP contribution in [0, 0.1) is 5.92 Å². The van der Waals surface area contributed by atoms with Crippen molar-refractivity contribution in [3.63, 3.8) is 0 Å². The molecule has 0 spiro atoms. The van der Waals surface area contributed by atoms with Gasteiger partial charge in [-0.05, 0) is 24.6 Å². The maximum absolute atomic E-state index is 9.21. The first kappa shape index (κ1) is 8.38. The summed E-state index contributed by atoms with van der Waals surface area (Å²) in [5.41, 5.74) is 6.70. The summed E-state index contributed by atoms with van der Waals surface area (Å²) >= 11 is 0. The van der Waals surface area contributed by atoms with Crippen LogP contribution >= 0.6 is 0 Å². The minimum atomic E-state index is 0.255. The summed E-state index contributed by atoms with van der Waals surface area (Å²) in [7, 11) is 0. The van der Waals surface area contributed by atoms with Crippen LogP contribution < -0.4 is 10.5 Å². The molecule has 1 atom stereocenters. The lowest BCUT2D eigenvalue weighted by Crippen LogP contribution is -2.27. The quantitative estimate of drug-likeness (QED) is 0.673. The molecule has 3 heteroatoms. The number of benzene rings is 1. The second-order valence-corrected chi connectivity index (χ2v) is 3.41. The highest BCUT2D eigenvalue weighted by molar-refractivity contribution is 5.41. The molecule has 1 aromatic rings. The van der Waals surface area contributed by atoms with Crippen molar-refractivity contribution in [1.29, 1.82) is 0 Å². The lowest BCUT2D eigenvalue weighted by atomic mass is 9.97. The van der Waals surface area contributed by atoms with Crippen LogP contribution in [0.4, 0.5) is 0 Å². The Balaban J connectivity index is 2.26. The molecular weight excluding hydrogens is 166 g/mol. The van der Waals surface area contributed by atoms with E-state index in [1.165, 1.54) is 0 Å². The second kappa shape index (κ2) is 3.26. The van der Waals surface area contributed by atoms with Gasteiger partial charge in [0.2, 0.25) is 0 Å². The standard InChI is InChI=1S/C10H13NO2/c11-5-7-3-8-1-2-9(12)4-10(8)13-6-7/h1-2,4,7,12H,3,5-6,11H2/t7-/m1/s1. The lowest BCUT2D eigenvalue weighted by molar-refractivity contribution is 0.225. The third-order valence-corrected chi connectivity index (χ3v) is 2.37. The number of hydrogen-bond acceptors (Lipinski definition) is 3. The largest absolute Gasteiger partial charge is 0.508 e. The summed E-state index contributed by atoms with van der Waals surface area (Å²) in [5.74, 6) is 1.46. The van der Waals surface area contributed by atoms with E-state index >= 15 is 0 Å². The molecule has 13 heavy (non-hydrogen) atoms. The van der Waals surface area contributed by atoms with Crippen molar-refractivity contribution < 1.29 is 9.84 Å². The first-order valence-corrected chi connectivity index (χ1v) is 4.44. The third-order valence-electron chi connectivity index (χ3n) is 2.37. The fraction of sp³-hybridized carbons (Fsp3) is 0.400. The Hall–Kier alpha value is -1.22. The Morgan fingerprint density at radius 3 is 3.15 bits per heavy atom. The molecule has 3 N–H and O–H groups in total. The summed E-state index contributed by atoms with van der Waals surface area (Å²) < 4.78 is 5.47. The van der Waals surface area contributed by atoms with E-state index in [2.05, 4.69) is 0 Å². The van der Waals surface area contributed by atoms with Crippen LogP contribution in [0.15, 0.2) is 18.2 Å². The van der Waals surface area contributed by atoms with E-state index in [9.17, 15) is 5.11 Å². The van der Waals surface area contributed by atoms with Gasteiger partial charge in [-0.15, -0.1) is 0 Å². The first-order valence-electron chi connectivity index (χ1n) is 4.44. The van der Waals surface area contributed by atoms with Gasteiger partial charge in [0.25, 0.3) is 0 Å². The molecule has 0 aliphatic carbocycles. The average molecular weight is 179 g/mol. The molecule has 3 nitrogen and oxygen atoms in total. The van der Waals surface area contributed by atoms with Crippen LogP contribution in [0.2, 0.25) is 0 Å². The van der Waals surface area contributed by atoms with E-state index in [0.717, 1.165) is 17.7 Å². The van der Waals surface area contributed by atoms with E-state index < -0.39 is 0 Å². The zero-order chi connectivity index (χ0) is 9.26. The van der Waals surface area contributed by atoms with Gasteiger partial charge >= 0.3 is 0 Å². The fourth-order valence-corrected chi connectivity index (χ4v) is 1.58. The van der Waals surface area contributed by atoms with Gasteiger partial charge in [-0.3, -0.25) is 0 Å². The summed E-state index contributed by atoms with van der Waals surface area (Å²) in [5, 5.41) is 9.21. The van der Waals surface area contributed by atoms with Crippen LogP contribution in [0.3, 0.4) is 0 Å². The molecular formula is C10H13NO2. The smallest absolute Gasteiger partial charge is 0.126 e. The molecule has 1 heterocycles. The zero-order valence-corrected chi connectivity index (χ0v) is 7.36. The number of fused-ring (bicyclic) bond motifs is 1. The third kappa shape index (κ3) is 1.60. The molecule has 0 amide bonds. The minimum Gasteiger partial charge on any atom is -0.508 e. The zero-order valence-electron chi connectivity index (χ0n) is 7.36. The van der Waals surface area contributed by atoms with Gasteiger partial charge in [-0.1, -0.05) is 6.07 Å². The highest BCUT2D eigenvalue weighted by atomic mass is 16.5. The van der Waals surface area contributed by atoms with Crippen LogP contribution in [0.25, 0.3) is 0 Å². The molecule has 0 bridgehead atoms. The number of ether oxygens (including phenoxy) is 1. The van der Waals surface area contributed by atoms with Gasteiger partial charge in [0.05, 0.1) is 6.61 Å². The van der Waals surface area contributed by atoms with Crippen molar-refractivity contribution in [2.45, 2.75) is 6.42 Å². The second-order valence-electron chi connectivity index (χ2n) is 3.41. The van der Waals surface area contributed by atoms with Gasteiger partial charge in [-0.25, -0.2) is 0 Å². The van der Waals surface area contributed by atoms with Crippen molar-refractivity contribution in [2.24, 2.45) is 11.7 Å². The Bertz CT molecular complexity index is 312. The fourth-order valence-electron chi connectivity index (χ4n) is 1.58. The van der Waals surface area contributed by atoms with Crippen LogP contribution in [0.5, 0.6) is 11.5 Å². The van der Waals surface area contributed by atoms with E-state index in [4.69, 9.17) is 10.5 Å². The Morgan fingerprint density at radius 2 is 2.38 bits per heavy atom. The van der Waals surface area contributed by atoms with Crippen molar-refractivity contribution in [3.05, 3.63) is 23.8 Å². The van der Waals surface area contributed by atoms with Crippen molar-refractivity contribution in [2.75, 3.05) is 13.2 Å². The Labute approximate surface area is 77.1 Å². The van der Waals surface area contributed by atoms with Crippen LogP contribution in [-0.2, 0) is 6.42 Å². The highest BCUT2D eigenvalue weighted by Crippen LogP contribution is 2.29. The van der Waals surface area contributed by atoms with Gasteiger partial charge in [-0.2, -0.15) is 0 Å². The average Bonchev–Trinajstić information content (AvgIpc) is 2.17. The van der Waals surface area contributed by atoms with E-state index in [1.807, 2.05) is 6.07 Å². The topological polar surface area (TPSA) is 55.5 Å². The predicted molar refractivity (Wildman–Crippen MR) is 49.9 cm³/mol. The number of rotatable bonds is 1. The number of aromatic hydroxyl groups is 1. The first-order chi connectivity index (χ1) is 6.29. The number of nitrogens with two attached hydrogens (primary N) is 1. The Kier molecular flexibility index (Phi) is 2.10. The number of phenols is 1. The predicted octanol–water partition coefficient (Wildman–Crippen LogP) is 0.902. The van der Waals surface area contributed by atoms with E-state index in [0.29, 0.717) is 19.1 Å². The van der Waals surface area contributed by atoms with Crippen molar-refractivity contribution >= 4 is 0 Å². The summed E-state index contributed by atoms with van der Waals surface area (Å²) in [6.07, 6.45) is 0.951. The monoisotopic (exact) mass is 179 g/mol. The Morgan fingerprint density at radius 1 is 1.54 bits per heavy atom. The minimum absolute atomic E-state index is 0.255. The summed E-state index contributed by atoms with van der Waals surface area (Å²) in [4.78, 5) is 0. The summed E-state index contributed by atoms with van der Waals surface area (Å²) in [6.45, 7) is 1.31. The number of hydrogen-bond donors (Lipinski definition) is 2. The molecule has 1 aromatic carbocycles. The molecule has 0 unspecified atom stereocenters. The summed E-state index contributed by atoms with van der Waals surface area (Å²) in [6, 6.07) is 5.23. The van der Waals surface area contributed by atoms with Gasteiger partial charge < -0.3 is 15.6 Å². The normalized spacial score (nSPS) is 20.5. The molecule has 70 valence electrons. The molecule has 2 rings (SSSR count). The lowest BCUT2D eigenvalue weighted by Gasteiger charge is -2.24. The molecule has 0 saturated heterocycles.